The lowest BCUT2D eigenvalue weighted by Crippen LogP contribution is -2.46. The third kappa shape index (κ3) is 9.82. The molecule has 13 nitrogen and oxygen atoms in total. The first-order chi connectivity index (χ1) is 20.0. The molecule has 228 valence electrons. The molecule has 2 aliphatic heterocycles. The fraction of sp³-hybridized carbons (Fsp3) is 0.154. The second-order valence-electron chi connectivity index (χ2n) is 8.45. The lowest BCUT2D eigenvalue weighted by Gasteiger charge is -2.22. The molecule has 0 aliphatic carbocycles. The number of nitrogens with zero attached hydrogens (tertiary/aromatic N) is 1. The van der Waals surface area contributed by atoms with E-state index in [9.17, 15) is 39.0 Å². The number of phenols is 2. The number of benzene rings is 2. The van der Waals surface area contributed by atoms with E-state index in [1.54, 1.807) is 12.1 Å². The summed E-state index contributed by atoms with van der Waals surface area (Å²) < 4.78 is 4.44. The Balaban J connectivity index is 0.000000249. The van der Waals surface area contributed by atoms with E-state index in [1.807, 2.05) is 0 Å². The summed E-state index contributed by atoms with van der Waals surface area (Å²) >= 11 is 11.6. The zero-order chi connectivity index (χ0) is 32.6. The molecule has 0 radical (unpaired) electrons. The second-order valence-corrected chi connectivity index (χ2v) is 11.6. The standard InChI is InChI=1S/C13H9Br2NO5.C9H11NO3.C4Br2O3/c14-9-10(15)12(19)16(11(9)18)8(13(20)21)5-6-1-3-7(17)4-2-6;10-8(9(12)13)5-6-1-3-7(11)4-2-6;5-1-2(6)4(8)9-3(1)7/h1-4,8,17H,5H2,(H,20,21);1-4,8,11H,5,10H2,(H,12,13);/t;8-;/m.0./s1. The van der Waals surface area contributed by atoms with Crippen LogP contribution in [-0.2, 0) is 46.3 Å². The number of nitrogens with two attached hydrogens (primary N) is 1. The fourth-order valence-electron chi connectivity index (χ4n) is 3.25. The molecular weight excluding hydrogens is 836 g/mol. The summed E-state index contributed by atoms with van der Waals surface area (Å²) in [7, 11) is 0. The predicted molar refractivity (Wildman–Crippen MR) is 163 cm³/mol. The lowest BCUT2D eigenvalue weighted by molar-refractivity contribution is -0.153. The Morgan fingerprint density at radius 2 is 1.05 bits per heavy atom. The number of cyclic esters (lactones) is 2. The molecule has 0 saturated carbocycles. The van der Waals surface area contributed by atoms with Crippen LogP contribution >= 0.6 is 63.7 Å². The Labute approximate surface area is 276 Å². The van der Waals surface area contributed by atoms with E-state index in [0.717, 1.165) is 5.56 Å². The number of halogens is 4. The Kier molecular flexibility index (Phi) is 13.2. The van der Waals surface area contributed by atoms with Crippen molar-refractivity contribution in [2.45, 2.75) is 24.9 Å². The normalized spacial score (nSPS) is 15.8. The molecule has 2 aliphatic rings. The summed E-state index contributed by atoms with van der Waals surface area (Å²) in [6, 6.07) is 9.99. The number of esters is 2. The number of carboxylic acids is 2. The SMILES string of the molecule is N[C@@H](Cc1ccc(O)cc1)C(=O)O.O=C(O)C(Cc1ccc(O)cc1)N1C(=O)C(Br)=C(Br)C1=O.O=C1OC(=O)C(Br)=C1Br. The Morgan fingerprint density at radius 3 is 1.35 bits per heavy atom. The van der Waals surface area contributed by atoms with E-state index < -0.39 is 47.8 Å². The summed E-state index contributed by atoms with van der Waals surface area (Å²) in [6.07, 6.45) is 0.225. The number of aliphatic carboxylic acids is 2. The van der Waals surface area contributed by atoms with Crippen LogP contribution in [0.15, 0.2) is 66.5 Å². The van der Waals surface area contributed by atoms with Crippen LogP contribution in [0.5, 0.6) is 11.5 Å². The summed E-state index contributed by atoms with van der Waals surface area (Å²) in [5.74, 6) is -4.78. The summed E-state index contributed by atoms with van der Waals surface area (Å²) in [5, 5.41) is 36.0. The maximum absolute atomic E-state index is 12.0. The van der Waals surface area contributed by atoms with Crippen LogP contribution in [0.25, 0.3) is 0 Å². The first kappa shape index (κ1) is 35.8. The minimum atomic E-state index is -1.32. The molecule has 17 heteroatoms. The van der Waals surface area contributed by atoms with Gasteiger partial charge in [0.1, 0.15) is 41.5 Å². The van der Waals surface area contributed by atoms with Gasteiger partial charge in [0.15, 0.2) is 0 Å². The van der Waals surface area contributed by atoms with Crippen molar-refractivity contribution in [1.82, 2.24) is 4.90 Å². The van der Waals surface area contributed by atoms with Gasteiger partial charge in [-0.25, -0.2) is 14.4 Å². The summed E-state index contributed by atoms with van der Waals surface area (Å²) in [6.45, 7) is 0. The maximum atomic E-state index is 12.0. The molecule has 0 saturated heterocycles. The first-order valence-electron chi connectivity index (χ1n) is 11.6. The first-order valence-corrected chi connectivity index (χ1v) is 14.7. The van der Waals surface area contributed by atoms with Crippen molar-refractivity contribution in [3.05, 3.63) is 77.6 Å². The van der Waals surface area contributed by atoms with Gasteiger partial charge in [-0.1, -0.05) is 24.3 Å². The number of carbonyl (C=O) groups is 6. The monoisotopic (exact) mass is 852 g/mol. The zero-order valence-electron chi connectivity index (χ0n) is 21.4. The summed E-state index contributed by atoms with van der Waals surface area (Å²) in [5.41, 5.74) is 6.71. The third-order valence-corrected chi connectivity index (χ3v) is 9.39. The average molecular weight is 856 g/mol. The van der Waals surface area contributed by atoms with Gasteiger partial charge in [0.25, 0.3) is 11.8 Å². The highest BCUT2D eigenvalue weighted by Crippen LogP contribution is 2.32. The molecule has 0 bridgehead atoms. The van der Waals surface area contributed by atoms with E-state index in [-0.39, 0.29) is 42.3 Å². The van der Waals surface area contributed by atoms with Crippen LogP contribution in [0.2, 0.25) is 0 Å². The van der Waals surface area contributed by atoms with Crippen LogP contribution in [-0.4, -0.2) is 73.1 Å². The molecule has 0 spiro atoms. The zero-order valence-corrected chi connectivity index (χ0v) is 27.7. The maximum Gasteiger partial charge on any atom is 0.354 e. The fourth-order valence-corrected chi connectivity index (χ4v) is 4.45. The molecule has 2 aromatic carbocycles. The molecule has 2 atom stereocenters. The minimum absolute atomic E-state index is 0.00413. The highest BCUT2D eigenvalue weighted by Gasteiger charge is 2.43. The quantitative estimate of drug-likeness (QED) is 0.154. The van der Waals surface area contributed by atoms with Gasteiger partial charge in [-0.05, 0) is 106 Å². The number of phenolic OH excluding ortho intramolecular Hbond substituents is 2. The van der Waals surface area contributed by atoms with Crippen LogP contribution in [0, 0.1) is 0 Å². The molecule has 0 aromatic heterocycles. The van der Waals surface area contributed by atoms with Crippen LogP contribution < -0.4 is 5.73 Å². The number of hydrogen-bond donors (Lipinski definition) is 5. The smallest absolute Gasteiger partial charge is 0.354 e. The molecule has 4 rings (SSSR count). The number of imide groups is 1. The number of amides is 2. The molecular formula is C26H20Br4N2O11. The predicted octanol–water partition coefficient (Wildman–Crippen LogP) is 3.18. The molecule has 43 heavy (non-hydrogen) atoms. The summed E-state index contributed by atoms with van der Waals surface area (Å²) in [4.78, 5) is 67.3. The van der Waals surface area contributed by atoms with Crippen molar-refractivity contribution in [3.63, 3.8) is 0 Å². The van der Waals surface area contributed by atoms with E-state index in [2.05, 4.69) is 68.5 Å². The Bertz CT molecular complexity index is 1460. The van der Waals surface area contributed by atoms with Crippen molar-refractivity contribution < 1.29 is 53.9 Å². The number of ether oxygens (including phenoxy) is 1. The molecule has 0 fully saturated rings. The van der Waals surface area contributed by atoms with Gasteiger partial charge in [-0.15, -0.1) is 0 Å². The number of aromatic hydroxyl groups is 2. The lowest BCUT2D eigenvalue weighted by atomic mass is 10.0. The van der Waals surface area contributed by atoms with Gasteiger partial charge in [-0.2, -0.15) is 0 Å². The van der Waals surface area contributed by atoms with Gasteiger partial charge < -0.3 is 30.9 Å². The van der Waals surface area contributed by atoms with Crippen LogP contribution in [0.1, 0.15) is 11.1 Å². The van der Waals surface area contributed by atoms with Crippen molar-refractivity contribution >= 4 is 99.4 Å². The highest BCUT2D eigenvalue weighted by atomic mass is 79.9. The van der Waals surface area contributed by atoms with Crippen molar-refractivity contribution in [2.75, 3.05) is 0 Å². The Morgan fingerprint density at radius 1 is 0.674 bits per heavy atom. The van der Waals surface area contributed by atoms with Gasteiger partial charge in [0.2, 0.25) is 0 Å². The number of carbonyl (C=O) groups excluding carboxylic acids is 4. The number of hydrogen-bond acceptors (Lipinski definition) is 10. The average Bonchev–Trinajstić information content (AvgIpc) is 3.29. The largest absolute Gasteiger partial charge is 0.508 e. The second kappa shape index (κ2) is 15.9. The molecule has 2 amide bonds. The van der Waals surface area contributed by atoms with E-state index in [1.165, 1.54) is 36.4 Å². The number of rotatable bonds is 7. The van der Waals surface area contributed by atoms with Gasteiger partial charge in [0, 0.05) is 6.42 Å². The van der Waals surface area contributed by atoms with Crippen molar-refractivity contribution in [2.24, 2.45) is 5.73 Å². The van der Waals surface area contributed by atoms with Gasteiger partial charge in [0.05, 0.1) is 0 Å². The molecule has 2 heterocycles. The van der Waals surface area contributed by atoms with Crippen molar-refractivity contribution in [1.29, 1.82) is 0 Å². The molecule has 6 N–H and O–H groups in total. The van der Waals surface area contributed by atoms with Gasteiger partial charge in [-0.3, -0.25) is 19.3 Å². The van der Waals surface area contributed by atoms with Crippen LogP contribution in [0.4, 0.5) is 0 Å². The van der Waals surface area contributed by atoms with Crippen molar-refractivity contribution in [3.8, 4) is 11.5 Å². The topological polar surface area (TPSA) is 222 Å². The number of carboxylic acid groups (broad SMARTS) is 2. The minimum Gasteiger partial charge on any atom is -0.508 e. The van der Waals surface area contributed by atoms with Crippen LogP contribution in [0.3, 0.4) is 0 Å². The van der Waals surface area contributed by atoms with E-state index >= 15 is 0 Å². The highest BCUT2D eigenvalue weighted by molar-refractivity contribution is 9.15. The molecule has 2 aromatic rings. The third-order valence-electron chi connectivity index (χ3n) is 5.41. The van der Waals surface area contributed by atoms with Gasteiger partial charge >= 0.3 is 23.9 Å². The molecule has 1 unspecified atom stereocenters. The van der Waals surface area contributed by atoms with E-state index in [4.69, 9.17) is 15.9 Å². The van der Waals surface area contributed by atoms with E-state index in [0.29, 0.717) is 10.5 Å². The Hall–Kier alpha value is -3.38.